The first-order valence-corrected chi connectivity index (χ1v) is 6.33. The SMILES string of the molecule is CC(NC(=O)Nc1cc(Cl)ccc1Cl)c1cn[nH]c1. The van der Waals surface area contributed by atoms with Gasteiger partial charge in [0.05, 0.1) is 22.9 Å². The lowest BCUT2D eigenvalue weighted by atomic mass is 10.2. The summed E-state index contributed by atoms with van der Waals surface area (Å²) in [5, 5.41) is 12.9. The summed E-state index contributed by atoms with van der Waals surface area (Å²) in [5.74, 6) is 0. The van der Waals surface area contributed by atoms with Crippen molar-refractivity contribution in [2.75, 3.05) is 5.32 Å². The number of H-pyrrole nitrogens is 1. The first-order chi connectivity index (χ1) is 9.06. The Hall–Kier alpha value is -1.72. The number of hydrogen-bond acceptors (Lipinski definition) is 2. The van der Waals surface area contributed by atoms with Gasteiger partial charge < -0.3 is 10.6 Å². The zero-order valence-corrected chi connectivity index (χ0v) is 11.6. The van der Waals surface area contributed by atoms with Crippen LogP contribution < -0.4 is 10.6 Å². The monoisotopic (exact) mass is 298 g/mol. The van der Waals surface area contributed by atoms with Gasteiger partial charge in [-0.05, 0) is 25.1 Å². The average Bonchev–Trinajstić information content (AvgIpc) is 2.87. The Morgan fingerprint density at radius 2 is 2.21 bits per heavy atom. The molecule has 0 bridgehead atoms. The maximum Gasteiger partial charge on any atom is 0.319 e. The van der Waals surface area contributed by atoms with Crippen molar-refractivity contribution >= 4 is 34.9 Å². The second-order valence-corrected chi connectivity index (χ2v) is 4.82. The van der Waals surface area contributed by atoms with E-state index in [1.54, 1.807) is 30.6 Å². The van der Waals surface area contributed by atoms with Crippen molar-refractivity contribution in [1.29, 1.82) is 0 Å². The van der Waals surface area contributed by atoms with E-state index in [9.17, 15) is 4.79 Å². The van der Waals surface area contributed by atoms with E-state index >= 15 is 0 Å². The maximum absolute atomic E-state index is 11.8. The van der Waals surface area contributed by atoms with E-state index in [1.807, 2.05) is 6.92 Å². The number of hydrogen-bond donors (Lipinski definition) is 3. The van der Waals surface area contributed by atoms with Crippen LogP contribution in [0, 0.1) is 0 Å². The first-order valence-electron chi connectivity index (χ1n) is 5.57. The summed E-state index contributed by atoms with van der Waals surface area (Å²) in [6, 6.07) is 4.33. The quantitative estimate of drug-likeness (QED) is 0.810. The standard InChI is InChI=1S/C12H12Cl2N4O/c1-7(8-5-15-16-6-8)17-12(19)18-11-4-9(13)2-3-10(11)14/h2-7H,1H3,(H,15,16)(H2,17,18,19). The molecule has 1 unspecified atom stereocenters. The number of carbonyl (C=O) groups excluding carboxylic acids is 1. The highest BCUT2D eigenvalue weighted by atomic mass is 35.5. The Kier molecular flexibility index (Phi) is 4.29. The van der Waals surface area contributed by atoms with E-state index in [0.717, 1.165) is 5.56 Å². The van der Waals surface area contributed by atoms with Crippen LogP contribution in [0.3, 0.4) is 0 Å². The molecular formula is C12H12Cl2N4O. The van der Waals surface area contributed by atoms with E-state index in [1.165, 1.54) is 0 Å². The number of amides is 2. The molecule has 1 aromatic carbocycles. The van der Waals surface area contributed by atoms with Gasteiger partial charge in [0.2, 0.25) is 0 Å². The van der Waals surface area contributed by atoms with Crippen LogP contribution in [-0.4, -0.2) is 16.2 Å². The van der Waals surface area contributed by atoms with Gasteiger partial charge >= 0.3 is 6.03 Å². The third-order valence-electron chi connectivity index (χ3n) is 2.54. The second kappa shape index (κ2) is 5.95. The van der Waals surface area contributed by atoms with Crippen LogP contribution in [0.4, 0.5) is 10.5 Å². The van der Waals surface area contributed by atoms with Crippen LogP contribution in [0.5, 0.6) is 0 Å². The highest BCUT2D eigenvalue weighted by molar-refractivity contribution is 6.35. The summed E-state index contributed by atoms with van der Waals surface area (Å²) in [7, 11) is 0. The van der Waals surface area contributed by atoms with E-state index in [0.29, 0.717) is 15.7 Å². The fourth-order valence-electron chi connectivity index (χ4n) is 1.53. The van der Waals surface area contributed by atoms with Gasteiger partial charge in [-0.1, -0.05) is 23.2 Å². The van der Waals surface area contributed by atoms with Gasteiger partial charge in [0, 0.05) is 16.8 Å². The highest BCUT2D eigenvalue weighted by Crippen LogP contribution is 2.25. The van der Waals surface area contributed by atoms with Crippen LogP contribution in [-0.2, 0) is 0 Å². The first kappa shape index (κ1) is 13.7. The van der Waals surface area contributed by atoms with Crippen molar-refractivity contribution < 1.29 is 4.79 Å². The molecule has 2 amide bonds. The van der Waals surface area contributed by atoms with Gasteiger partial charge in [-0.15, -0.1) is 0 Å². The second-order valence-electron chi connectivity index (χ2n) is 3.98. The Morgan fingerprint density at radius 3 is 2.89 bits per heavy atom. The Balaban J connectivity index is 1.99. The number of rotatable bonds is 3. The topological polar surface area (TPSA) is 69.8 Å². The zero-order valence-electron chi connectivity index (χ0n) is 10.1. The predicted molar refractivity (Wildman–Crippen MR) is 75.6 cm³/mol. The van der Waals surface area contributed by atoms with Crippen molar-refractivity contribution in [3.63, 3.8) is 0 Å². The maximum atomic E-state index is 11.8. The molecule has 100 valence electrons. The van der Waals surface area contributed by atoms with Gasteiger partial charge in [-0.2, -0.15) is 5.10 Å². The van der Waals surface area contributed by atoms with E-state index in [4.69, 9.17) is 23.2 Å². The number of aromatic nitrogens is 2. The molecule has 5 nitrogen and oxygen atoms in total. The van der Waals surface area contributed by atoms with Gasteiger partial charge in [-0.25, -0.2) is 4.79 Å². The molecule has 2 aromatic rings. The molecule has 1 atom stereocenters. The van der Waals surface area contributed by atoms with Crippen molar-refractivity contribution in [2.24, 2.45) is 0 Å². The van der Waals surface area contributed by atoms with Crippen molar-refractivity contribution in [3.8, 4) is 0 Å². The summed E-state index contributed by atoms with van der Waals surface area (Å²) in [6.45, 7) is 1.85. The van der Waals surface area contributed by atoms with Crippen molar-refractivity contribution in [2.45, 2.75) is 13.0 Å². The molecule has 1 aromatic heterocycles. The molecule has 7 heteroatoms. The van der Waals surface area contributed by atoms with Crippen molar-refractivity contribution in [3.05, 3.63) is 46.2 Å². The smallest absolute Gasteiger partial charge is 0.319 e. The van der Waals surface area contributed by atoms with Crippen LogP contribution >= 0.6 is 23.2 Å². The van der Waals surface area contributed by atoms with Gasteiger partial charge in [0.1, 0.15) is 0 Å². The number of benzene rings is 1. The molecule has 0 spiro atoms. The molecule has 0 saturated carbocycles. The summed E-state index contributed by atoms with van der Waals surface area (Å²) in [4.78, 5) is 11.8. The molecule has 3 N–H and O–H groups in total. The average molecular weight is 299 g/mol. The van der Waals surface area contributed by atoms with E-state index in [2.05, 4.69) is 20.8 Å². The normalized spacial score (nSPS) is 11.9. The Labute approximate surface area is 120 Å². The molecule has 0 aliphatic carbocycles. The molecule has 1 heterocycles. The summed E-state index contributed by atoms with van der Waals surface area (Å²) >= 11 is 11.8. The summed E-state index contributed by atoms with van der Waals surface area (Å²) in [5.41, 5.74) is 1.35. The number of nitrogens with zero attached hydrogens (tertiary/aromatic N) is 1. The highest BCUT2D eigenvalue weighted by Gasteiger charge is 2.11. The van der Waals surface area contributed by atoms with Gasteiger partial charge in [0.15, 0.2) is 0 Å². The van der Waals surface area contributed by atoms with Crippen LogP contribution in [0.15, 0.2) is 30.6 Å². The lowest BCUT2D eigenvalue weighted by Gasteiger charge is -2.13. The van der Waals surface area contributed by atoms with Crippen molar-refractivity contribution in [1.82, 2.24) is 15.5 Å². The number of halogens is 2. The van der Waals surface area contributed by atoms with Crippen LogP contribution in [0.2, 0.25) is 10.0 Å². The van der Waals surface area contributed by atoms with Gasteiger partial charge in [-0.3, -0.25) is 5.10 Å². The number of nitrogens with one attached hydrogen (secondary N) is 3. The van der Waals surface area contributed by atoms with Gasteiger partial charge in [0.25, 0.3) is 0 Å². The fourth-order valence-corrected chi connectivity index (χ4v) is 1.87. The Bertz CT molecular complexity index is 571. The molecule has 0 aliphatic rings. The summed E-state index contributed by atoms with van der Waals surface area (Å²) in [6.07, 6.45) is 3.37. The molecule has 0 saturated heterocycles. The molecular weight excluding hydrogens is 287 g/mol. The fraction of sp³-hybridized carbons (Fsp3) is 0.167. The molecule has 2 rings (SSSR count). The third kappa shape index (κ3) is 3.62. The van der Waals surface area contributed by atoms with Crippen LogP contribution in [0.25, 0.3) is 0 Å². The third-order valence-corrected chi connectivity index (χ3v) is 3.11. The number of anilines is 1. The minimum absolute atomic E-state index is 0.170. The molecule has 0 aliphatic heterocycles. The number of urea groups is 1. The molecule has 19 heavy (non-hydrogen) atoms. The number of carbonyl (C=O) groups is 1. The van der Waals surface area contributed by atoms with Crippen LogP contribution in [0.1, 0.15) is 18.5 Å². The summed E-state index contributed by atoms with van der Waals surface area (Å²) < 4.78 is 0. The lowest BCUT2D eigenvalue weighted by Crippen LogP contribution is -2.31. The predicted octanol–water partition coefficient (Wildman–Crippen LogP) is 3.60. The minimum atomic E-state index is -0.363. The molecule has 0 radical (unpaired) electrons. The Morgan fingerprint density at radius 1 is 1.42 bits per heavy atom. The minimum Gasteiger partial charge on any atom is -0.331 e. The number of aromatic amines is 1. The largest absolute Gasteiger partial charge is 0.331 e. The van der Waals surface area contributed by atoms with E-state index in [-0.39, 0.29) is 12.1 Å². The molecule has 0 fully saturated rings. The van der Waals surface area contributed by atoms with E-state index < -0.39 is 0 Å². The zero-order chi connectivity index (χ0) is 13.8. The lowest BCUT2D eigenvalue weighted by molar-refractivity contribution is 0.249.